The normalized spacial score (nSPS) is 16.5. The minimum absolute atomic E-state index is 0.0197. The minimum Gasteiger partial charge on any atom is -0.462 e. The number of ketones is 1. The maximum Gasteiger partial charge on any atom is 0.219 e. The summed E-state index contributed by atoms with van der Waals surface area (Å²) in [4.78, 5) is 25.3. The summed E-state index contributed by atoms with van der Waals surface area (Å²) in [5.74, 6) is 1.12. The number of nitrogens with one attached hydrogen (secondary N) is 1. The zero-order valence-electron chi connectivity index (χ0n) is 14.8. The van der Waals surface area contributed by atoms with Gasteiger partial charge in [-0.05, 0) is 18.1 Å². The van der Waals surface area contributed by atoms with Crippen LogP contribution in [0.5, 0.6) is 0 Å². The topological polar surface area (TPSA) is 55.4 Å². The number of benzene rings is 2. The maximum atomic E-state index is 13.0. The van der Waals surface area contributed by atoms with E-state index in [4.69, 9.17) is 4.74 Å². The highest BCUT2D eigenvalue weighted by atomic mass is 32.2. The third-order valence-electron chi connectivity index (χ3n) is 4.10. The van der Waals surface area contributed by atoms with Gasteiger partial charge in [0, 0.05) is 23.9 Å². The van der Waals surface area contributed by atoms with Gasteiger partial charge in [0.15, 0.2) is 12.0 Å². The Kier molecular flexibility index (Phi) is 5.78. The highest BCUT2D eigenvalue weighted by Crippen LogP contribution is 2.37. The van der Waals surface area contributed by atoms with Gasteiger partial charge in [0.2, 0.25) is 10.9 Å². The van der Waals surface area contributed by atoms with Crippen molar-refractivity contribution in [3.8, 4) is 0 Å². The summed E-state index contributed by atoms with van der Waals surface area (Å²) >= 11 is 1.30. The number of hydrogen-bond donors (Lipinski definition) is 1. The molecule has 1 aliphatic heterocycles. The number of hydrogen-bond acceptors (Lipinski definition) is 5. The minimum atomic E-state index is -0.664. The molecule has 0 saturated heterocycles. The number of Topliss-reactive ketones (excluding diaryl/α,β-unsaturated/α-hetero) is 1. The number of ether oxygens (including phenoxy) is 1. The molecule has 4 nitrogen and oxygen atoms in total. The highest BCUT2D eigenvalue weighted by Gasteiger charge is 2.36. The number of carbonyl (C=O) groups excluding carboxylic acids is 2. The summed E-state index contributed by atoms with van der Waals surface area (Å²) in [5.41, 5.74) is 2.59. The molecule has 0 aliphatic carbocycles. The van der Waals surface area contributed by atoms with E-state index in [1.807, 2.05) is 43.3 Å². The first-order chi connectivity index (χ1) is 12.7. The summed E-state index contributed by atoms with van der Waals surface area (Å²) in [6.07, 6.45) is 0.276. The van der Waals surface area contributed by atoms with Crippen LogP contribution in [0.15, 0.2) is 60.5 Å². The van der Waals surface area contributed by atoms with Crippen LogP contribution in [-0.2, 0) is 9.53 Å². The quantitative estimate of drug-likeness (QED) is 0.829. The van der Waals surface area contributed by atoms with Crippen LogP contribution in [0.3, 0.4) is 0 Å². The van der Waals surface area contributed by atoms with Crippen molar-refractivity contribution in [1.29, 1.82) is 0 Å². The van der Waals surface area contributed by atoms with Crippen LogP contribution in [0.1, 0.15) is 40.9 Å². The number of rotatable bonds is 6. The Balaban J connectivity index is 1.92. The lowest BCUT2D eigenvalue weighted by atomic mass is 9.96. The lowest BCUT2D eigenvalue weighted by molar-refractivity contribution is -0.120. The predicted octanol–water partition coefficient (Wildman–Crippen LogP) is 4.20. The van der Waals surface area contributed by atoms with Gasteiger partial charge in [0.25, 0.3) is 0 Å². The summed E-state index contributed by atoms with van der Waals surface area (Å²) < 4.78 is 5.87. The second kappa shape index (κ2) is 8.23. The SMILES string of the molecule is CCCSC(=O)c1cccc(C2=C(NC)OC(c3ccccc3)C2=O)c1. The van der Waals surface area contributed by atoms with Gasteiger partial charge in [0.1, 0.15) is 0 Å². The zero-order chi connectivity index (χ0) is 18.5. The molecule has 0 aromatic heterocycles. The first-order valence-corrected chi connectivity index (χ1v) is 9.59. The van der Waals surface area contributed by atoms with Crippen molar-refractivity contribution < 1.29 is 14.3 Å². The van der Waals surface area contributed by atoms with E-state index >= 15 is 0 Å². The molecule has 1 heterocycles. The third kappa shape index (κ3) is 3.68. The van der Waals surface area contributed by atoms with Gasteiger partial charge in [-0.3, -0.25) is 9.59 Å². The molecular formula is C21H21NO3S. The van der Waals surface area contributed by atoms with Crippen LogP contribution in [0.4, 0.5) is 0 Å². The van der Waals surface area contributed by atoms with Gasteiger partial charge in [-0.25, -0.2) is 0 Å². The second-order valence-corrected chi connectivity index (χ2v) is 7.01. The Hall–Kier alpha value is -2.53. The van der Waals surface area contributed by atoms with E-state index < -0.39 is 6.10 Å². The van der Waals surface area contributed by atoms with E-state index in [0.29, 0.717) is 22.6 Å². The molecule has 0 radical (unpaired) electrons. The maximum absolute atomic E-state index is 13.0. The first kappa shape index (κ1) is 18.3. The van der Waals surface area contributed by atoms with Crippen molar-refractivity contribution in [3.63, 3.8) is 0 Å². The van der Waals surface area contributed by atoms with E-state index in [9.17, 15) is 9.59 Å². The molecule has 26 heavy (non-hydrogen) atoms. The Morgan fingerprint density at radius 3 is 2.62 bits per heavy atom. The van der Waals surface area contributed by atoms with Crippen molar-refractivity contribution in [3.05, 3.63) is 77.2 Å². The van der Waals surface area contributed by atoms with Crippen molar-refractivity contribution in [2.45, 2.75) is 19.4 Å². The third-order valence-corrected chi connectivity index (χ3v) is 5.21. The molecule has 1 aliphatic rings. The first-order valence-electron chi connectivity index (χ1n) is 8.61. The second-order valence-electron chi connectivity index (χ2n) is 5.94. The Labute approximate surface area is 157 Å². The van der Waals surface area contributed by atoms with Crippen LogP contribution >= 0.6 is 11.8 Å². The van der Waals surface area contributed by atoms with Gasteiger partial charge < -0.3 is 10.1 Å². The van der Waals surface area contributed by atoms with Crippen molar-refractivity contribution in [1.82, 2.24) is 5.32 Å². The number of thioether (sulfide) groups is 1. The smallest absolute Gasteiger partial charge is 0.219 e. The van der Waals surface area contributed by atoms with Crippen LogP contribution in [0.2, 0.25) is 0 Å². The molecule has 2 aromatic carbocycles. The summed E-state index contributed by atoms with van der Waals surface area (Å²) in [7, 11) is 1.72. The zero-order valence-corrected chi connectivity index (χ0v) is 15.6. The van der Waals surface area contributed by atoms with Gasteiger partial charge in [-0.2, -0.15) is 0 Å². The molecule has 1 N–H and O–H groups in total. The van der Waals surface area contributed by atoms with Crippen LogP contribution < -0.4 is 5.32 Å². The monoisotopic (exact) mass is 367 g/mol. The standard InChI is InChI=1S/C21H21NO3S/c1-3-12-26-21(24)16-11-7-10-15(13-16)17-18(23)19(25-20(17)22-2)14-8-5-4-6-9-14/h4-11,13,19,22H,3,12H2,1-2H3. The number of carbonyl (C=O) groups is 2. The van der Waals surface area contributed by atoms with E-state index in [0.717, 1.165) is 17.7 Å². The van der Waals surface area contributed by atoms with Crippen molar-refractivity contribution in [2.24, 2.45) is 0 Å². The van der Waals surface area contributed by atoms with E-state index in [1.54, 1.807) is 25.2 Å². The van der Waals surface area contributed by atoms with Gasteiger partial charge >= 0.3 is 0 Å². The van der Waals surface area contributed by atoms with E-state index in [1.165, 1.54) is 11.8 Å². The molecule has 134 valence electrons. The molecule has 3 rings (SSSR count). The molecule has 0 amide bonds. The lowest BCUT2D eigenvalue weighted by Crippen LogP contribution is -2.10. The Bertz CT molecular complexity index is 845. The van der Waals surface area contributed by atoms with Crippen molar-refractivity contribution in [2.75, 3.05) is 12.8 Å². The van der Waals surface area contributed by atoms with Gasteiger partial charge in [-0.15, -0.1) is 0 Å². The fraction of sp³-hybridized carbons (Fsp3) is 0.238. The van der Waals surface area contributed by atoms with Crippen molar-refractivity contribution >= 4 is 28.2 Å². The molecule has 5 heteroatoms. The summed E-state index contributed by atoms with van der Waals surface area (Å²) in [5, 5.41) is 2.99. The molecule has 1 unspecified atom stereocenters. The highest BCUT2D eigenvalue weighted by molar-refractivity contribution is 8.14. The van der Waals surface area contributed by atoms with Gasteiger partial charge in [0.05, 0.1) is 5.57 Å². The molecule has 0 saturated carbocycles. The Morgan fingerprint density at radius 2 is 1.92 bits per heavy atom. The molecular weight excluding hydrogens is 346 g/mol. The Morgan fingerprint density at radius 1 is 1.15 bits per heavy atom. The fourth-order valence-corrected chi connectivity index (χ4v) is 3.54. The average molecular weight is 367 g/mol. The summed E-state index contributed by atoms with van der Waals surface area (Å²) in [6, 6.07) is 16.6. The summed E-state index contributed by atoms with van der Waals surface area (Å²) in [6.45, 7) is 2.04. The van der Waals surface area contributed by atoms with Crippen LogP contribution in [0, 0.1) is 0 Å². The van der Waals surface area contributed by atoms with E-state index in [-0.39, 0.29) is 10.9 Å². The van der Waals surface area contributed by atoms with Crippen LogP contribution in [-0.4, -0.2) is 23.7 Å². The molecule has 2 aromatic rings. The van der Waals surface area contributed by atoms with Gasteiger partial charge in [-0.1, -0.05) is 67.2 Å². The average Bonchev–Trinajstić information content (AvgIpc) is 3.03. The van der Waals surface area contributed by atoms with E-state index in [2.05, 4.69) is 5.32 Å². The fourth-order valence-electron chi connectivity index (χ4n) is 2.86. The molecule has 1 atom stereocenters. The predicted molar refractivity (Wildman–Crippen MR) is 105 cm³/mol. The molecule has 0 spiro atoms. The molecule has 0 bridgehead atoms. The van der Waals surface area contributed by atoms with Crippen LogP contribution in [0.25, 0.3) is 5.57 Å². The molecule has 0 fully saturated rings. The largest absolute Gasteiger partial charge is 0.462 e. The lowest BCUT2D eigenvalue weighted by Gasteiger charge is -2.11.